The van der Waals surface area contributed by atoms with Gasteiger partial charge in [0.2, 0.25) is 5.88 Å². The first-order valence-electron chi connectivity index (χ1n) is 7.15. The predicted octanol–water partition coefficient (Wildman–Crippen LogP) is 4.12. The first kappa shape index (κ1) is 20.5. The van der Waals surface area contributed by atoms with Crippen LogP contribution < -0.4 is 4.18 Å². The van der Waals surface area contributed by atoms with Crippen molar-refractivity contribution in [2.45, 2.75) is 23.7 Å². The van der Waals surface area contributed by atoms with Crippen molar-refractivity contribution in [3.63, 3.8) is 0 Å². The Kier molecular flexibility index (Phi) is 6.50. The number of nitrogens with zero attached hydrogens (tertiary/aromatic N) is 1. The van der Waals surface area contributed by atoms with Gasteiger partial charge in [0.15, 0.2) is 0 Å². The Bertz CT molecular complexity index is 855. The molecule has 1 aromatic carbocycles. The van der Waals surface area contributed by atoms with Crippen LogP contribution in [0, 0.1) is 0 Å². The number of halogens is 3. The van der Waals surface area contributed by atoms with Crippen LogP contribution in [0.25, 0.3) is 11.3 Å². The maximum absolute atomic E-state index is 12.5. The second kappa shape index (κ2) is 8.25. The molecule has 0 aliphatic rings. The predicted molar refractivity (Wildman–Crippen MR) is 88.6 cm³/mol. The number of pyridine rings is 1. The van der Waals surface area contributed by atoms with Gasteiger partial charge in [0.1, 0.15) is 0 Å². The molecule has 0 aliphatic heterocycles. The first-order chi connectivity index (χ1) is 12.2. The minimum absolute atomic E-state index is 0.279. The minimum Gasteiger partial charge on any atom is -0.355 e. The Labute approximate surface area is 152 Å². The van der Waals surface area contributed by atoms with Gasteiger partial charge < -0.3 is 4.18 Å². The lowest BCUT2D eigenvalue weighted by Gasteiger charge is -2.11. The van der Waals surface area contributed by atoms with Gasteiger partial charge in [0, 0.05) is 16.5 Å². The topological polar surface area (TPSA) is 74.7 Å². The molecule has 0 amide bonds. The molecule has 0 aliphatic carbocycles. The Balaban J connectivity index is 2.35. The monoisotopic (exact) mass is 409 g/mol. The zero-order valence-corrected chi connectivity index (χ0v) is 15.2. The van der Waals surface area contributed by atoms with Crippen LogP contribution in [0.4, 0.5) is 13.2 Å². The molecule has 0 N–H and O–H groups in total. The van der Waals surface area contributed by atoms with Gasteiger partial charge in [-0.1, -0.05) is 19.1 Å². The molecule has 26 heavy (non-hydrogen) atoms. The molecule has 0 saturated heterocycles. The summed E-state index contributed by atoms with van der Waals surface area (Å²) in [6.07, 6.45) is 0.452. The van der Waals surface area contributed by atoms with Crippen molar-refractivity contribution in [2.24, 2.45) is 0 Å². The van der Waals surface area contributed by atoms with E-state index in [1.165, 1.54) is 7.11 Å². The van der Waals surface area contributed by atoms with E-state index in [4.69, 9.17) is 4.33 Å². The Morgan fingerprint density at radius 2 is 1.81 bits per heavy atom. The summed E-state index contributed by atoms with van der Waals surface area (Å²) >= 11 is 0.974. The van der Waals surface area contributed by atoms with E-state index in [9.17, 15) is 21.6 Å². The number of benzene rings is 1. The summed E-state index contributed by atoms with van der Waals surface area (Å²) < 4.78 is 68.8. The molecular formula is C15H14F3NO5S2. The second-order valence-electron chi connectivity index (χ2n) is 4.88. The second-order valence-corrected chi connectivity index (χ2v) is 7.19. The van der Waals surface area contributed by atoms with Crippen LogP contribution in [-0.2, 0) is 25.8 Å². The maximum Gasteiger partial charge on any atom is 0.534 e. The summed E-state index contributed by atoms with van der Waals surface area (Å²) in [5, 5.41) is 0. The van der Waals surface area contributed by atoms with E-state index in [1.807, 2.05) is 0 Å². The fourth-order valence-electron chi connectivity index (χ4n) is 1.87. The van der Waals surface area contributed by atoms with E-state index in [0.717, 1.165) is 23.0 Å². The molecule has 1 aromatic heterocycles. The average Bonchev–Trinajstić information content (AvgIpc) is 2.58. The molecule has 142 valence electrons. The quantitative estimate of drug-likeness (QED) is 0.224. The normalized spacial score (nSPS) is 12.2. The van der Waals surface area contributed by atoms with Gasteiger partial charge in [-0.05, 0) is 30.2 Å². The Hall–Kier alpha value is -1.82. The lowest BCUT2D eigenvalue weighted by molar-refractivity contribution is -0.160. The average molecular weight is 409 g/mol. The molecule has 1 heterocycles. The molecule has 2 rings (SSSR count). The molecule has 6 nitrogen and oxygen atoms in total. The highest BCUT2D eigenvalue weighted by molar-refractivity contribution is 7.94. The summed E-state index contributed by atoms with van der Waals surface area (Å²) in [6, 6.07) is 9.49. The molecule has 0 bridgehead atoms. The summed E-state index contributed by atoms with van der Waals surface area (Å²) in [7, 11) is -4.43. The highest BCUT2D eigenvalue weighted by Gasteiger charge is 2.48. The van der Waals surface area contributed by atoms with Gasteiger partial charge in [-0.3, -0.25) is 0 Å². The van der Waals surface area contributed by atoms with E-state index >= 15 is 0 Å². The van der Waals surface area contributed by atoms with Crippen LogP contribution in [0.2, 0.25) is 0 Å². The van der Waals surface area contributed by atoms with E-state index in [0.29, 0.717) is 17.5 Å². The number of aryl methyl sites for hydroxylation is 1. The van der Waals surface area contributed by atoms with E-state index in [-0.39, 0.29) is 5.69 Å². The van der Waals surface area contributed by atoms with Crippen molar-refractivity contribution < 1.29 is 35.0 Å². The molecular weight excluding hydrogens is 395 g/mol. The van der Waals surface area contributed by atoms with E-state index in [2.05, 4.69) is 14.1 Å². The zero-order chi connectivity index (χ0) is 19.4. The number of hydrogen-bond donors (Lipinski definition) is 0. The van der Waals surface area contributed by atoms with Crippen LogP contribution >= 0.6 is 12.0 Å². The molecule has 0 saturated carbocycles. The largest absolute Gasteiger partial charge is 0.534 e. The lowest BCUT2D eigenvalue weighted by Crippen LogP contribution is -2.28. The molecule has 2 aromatic rings. The van der Waals surface area contributed by atoms with Crippen molar-refractivity contribution >= 4 is 22.2 Å². The molecule has 0 radical (unpaired) electrons. The van der Waals surface area contributed by atoms with Crippen molar-refractivity contribution in [1.82, 2.24) is 4.98 Å². The smallest absolute Gasteiger partial charge is 0.355 e. The van der Waals surface area contributed by atoms with Gasteiger partial charge in [0.25, 0.3) is 0 Å². The fourth-order valence-corrected chi connectivity index (χ4v) is 2.67. The van der Waals surface area contributed by atoms with Crippen molar-refractivity contribution in [3.05, 3.63) is 42.0 Å². The third-order valence-electron chi connectivity index (χ3n) is 3.10. The van der Waals surface area contributed by atoms with Crippen LogP contribution in [0.15, 0.2) is 41.3 Å². The third kappa shape index (κ3) is 5.10. The van der Waals surface area contributed by atoms with Gasteiger partial charge in [-0.2, -0.15) is 25.9 Å². The standard InChI is InChI=1S/C15H14F3NO5S2/c1-3-10-8-13(11-4-6-12(7-5-11)25-24-22-2)19-14(9-10)23-26(20,21)15(16,17)18/h4-9H,3H2,1-2H3. The molecule has 0 atom stereocenters. The number of alkyl halides is 3. The van der Waals surface area contributed by atoms with E-state index in [1.54, 1.807) is 37.3 Å². The first-order valence-corrected chi connectivity index (χ1v) is 9.30. The highest BCUT2D eigenvalue weighted by Crippen LogP contribution is 2.29. The fraction of sp³-hybridized carbons (Fsp3) is 0.267. The summed E-state index contributed by atoms with van der Waals surface area (Å²) in [6.45, 7) is 1.77. The van der Waals surface area contributed by atoms with Crippen molar-refractivity contribution in [2.75, 3.05) is 7.11 Å². The van der Waals surface area contributed by atoms with Gasteiger partial charge in [0.05, 0.1) is 24.8 Å². The third-order valence-corrected chi connectivity index (χ3v) is 4.72. The Morgan fingerprint density at radius 1 is 1.15 bits per heavy atom. The van der Waals surface area contributed by atoms with E-state index < -0.39 is 21.5 Å². The molecule has 11 heteroatoms. The van der Waals surface area contributed by atoms with Crippen LogP contribution in [-0.4, -0.2) is 26.0 Å². The lowest BCUT2D eigenvalue weighted by atomic mass is 10.1. The molecule has 0 fully saturated rings. The minimum atomic E-state index is -5.79. The molecule has 0 spiro atoms. The van der Waals surface area contributed by atoms with Crippen LogP contribution in [0.5, 0.6) is 5.88 Å². The summed E-state index contributed by atoms with van der Waals surface area (Å²) in [4.78, 5) is 9.06. The molecule has 0 unspecified atom stereocenters. The van der Waals surface area contributed by atoms with Crippen molar-refractivity contribution in [3.8, 4) is 17.1 Å². The summed E-state index contributed by atoms with van der Waals surface area (Å²) in [5.74, 6) is -0.641. The number of rotatable bonds is 7. The number of hydrogen-bond acceptors (Lipinski definition) is 7. The van der Waals surface area contributed by atoms with Gasteiger partial charge in [-0.15, -0.1) is 0 Å². The van der Waals surface area contributed by atoms with Crippen LogP contribution in [0.1, 0.15) is 12.5 Å². The Morgan fingerprint density at radius 3 is 2.35 bits per heavy atom. The SMILES string of the molecule is CCc1cc(OS(=O)(=O)C(F)(F)F)nc(-c2ccc(SOOC)cc2)c1. The summed E-state index contributed by atoms with van der Waals surface area (Å²) in [5.41, 5.74) is -4.11. The van der Waals surface area contributed by atoms with Crippen LogP contribution in [0.3, 0.4) is 0 Å². The van der Waals surface area contributed by atoms with Crippen molar-refractivity contribution in [1.29, 1.82) is 0 Å². The zero-order valence-electron chi connectivity index (χ0n) is 13.6. The maximum atomic E-state index is 12.5. The number of aromatic nitrogens is 1. The highest BCUT2D eigenvalue weighted by atomic mass is 32.2. The van der Waals surface area contributed by atoms with Gasteiger partial charge in [-0.25, -0.2) is 9.87 Å². The van der Waals surface area contributed by atoms with Gasteiger partial charge >= 0.3 is 15.6 Å².